The summed E-state index contributed by atoms with van der Waals surface area (Å²) in [6.45, 7) is 1.49. The van der Waals surface area contributed by atoms with E-state index in [1.54, 1.807) is 0 Å². The third kappa shape index (κ3) is 3.76. The first-order valence-corrected chi connectivity index (χ1v) is 7.53. The molecule has 2 unspecified atom stereocenters. The van der Waals surface area contributed by atoms with Gasteiger partial charge in [-0.1, -0.05) is 0 Å². The summed E-state index contributed by atoms with van der Waals surface area (Å²) >= 11 is 1.92. The highest BCUT2D eigenvalue weighted by Crippen LogP contribution is 2.24. The Bertz CT molecular complexity index is 269. The third-order valence-corrected chi connectivity index (χ3v) is 5.00. The fourth-order valence-electron chi connectivity index (χ4n) is 2.52. The van der Waals surface area contributed by atoms with E-state index in [4.69, 9.17) is 10.5 Å². The second-order valence-corrected chi connectivity index (χ2v) is 6.09. The topological polar surface area (TPSA) is 55.6 Å². The molecule has 2 saturated heterocycles. The molecule has 0 spiro atoms. The molecule has 0 radical (unpaired) electrons. The number of nitrogens with zero attached hydrogens (tertiary/aromatic N) is 1. The molecule has 6 heteroatoms. The Morgan fingerprint density at radius 2 is 2.06 bits per heavy atom. The monoisotopic (exact) mass is 294 g/mol. The van der Waals surface area contributed by atoms with Gasteiger partial charge in [0, 0.05) is 32.1 Å². The zero-order chi connectivity index (χ0) is 12.3. The number of likely N-dealkylation sites (N-methyl/N-ethyl adjacent to an activating group) is 1. The summed E-state index contributed by atoms with van der Waals surface area (Å²) in [5.74, 6) is 2.63. The number of amides is 1. The number of hydrogen-bond donors (Lipinski definition) is 1. The number of carbonyl (C=O) groups excluding carboxylic acids is 1. The lowest BCUT2D eigenvalue weighted by atomic mass is 9.91. The minimum absolute atomic E-state index is 0. The number of hydrogen-bond acceptors (Lipinski definition) is 4. The van der Waals surface area contributed by atoms with E-state index in [0.29, 0.717) is 12.0 Å². The first-order valence-electron chi connectivity index (χ1n) is 6.38. The molecule has 4 nitrogen and oxygen atoms in total. The SMILES string of the molecule is CN(C(=O)C(N)C1CCOCC1)C1CCSC1.Cl. The molecule has 106 valence electrons. The lowest BCUT2D eigenvalue weighted by molar-refractivity contribution is -0.135. The van der Waals surface area contributed by atoms with Crippen LogP contribution in [0.1, 0.15) is 19.3 Å². The second-order valence-electron chi connectivity index (χ2n) is 4.94. The molecule has 2 rings (SSSR count). The molecular weight excluding hydrogens is 272 g/mol. The van der Waals surface area contributed by atoms with Crippen LogP contribution >= 0.6 is 24.2 Å². The van der Waals surface area contributed by atoms with Crippen molar-refractivity contribution in [1.29, 1.82) is 0 Å². The van der Waals surface area contributed by atoms with Gasteiger partial charge in [0.25, 0.3) is 0 Å². The molecule has 0 aromatic heterocycles. The van der Waals surface area contributed by atoms with Gasteiger partial charge in [0.05, 0.1) is 6.04 Å². The van der Waals surface area contributed by atoms with E-state index in [1.807, 2.05) is 23.7 Å². The fraction of sp³-hybridized carbons (Fsp3) is 0.917. The maximum Gasteiger partial charge on any atom is 0.239 e. The number of nitrogens with two attached hydrogens (primary N) is 1. The summed E-state index contributed by atoms with van der Waals surface area (Å²) in [6, 6.07) is 0.0490. The smallest absolute Gasteiger partial charge is 0.239 e. The van der Waals surface area contributed by atoms with Gasteiger partial charge in [-0.3, -0.25) is 4.79 Å². The van der Waals surface area contributed by atoms with E-state index >= 15 is 0 Å². The van der Waals surface area contributed by atoms with Gasteiger partial charge in [-0.05, 0) is 30.9 Å². The maximum absolute atomic E-state index is 12.3. The van der Waals surface area contributed by atoms with Gasteiger partial charge in [-0.2, -0.15) is 11.8 Å². The first kappa shape index (κ1) is 16.1. The van der Waals surface area contributed by atoms with Crippen molar-refractivity contribution in [2.24, 2.45) is 11.7 Å². The highest BCUT2D eigenvalue weighted by atomic mass is 35.5. The van der Waals surface area contributed by atoms with Crippen LogP contribution in [0, 0.1) is 5.92 Å². The molecule has 2 aliphatic heterocycles. The Labute approximate surface area is 119 Å². The third-order valence-electron chi connectivity index (χ3n) is 3.86. The second kappa shape index (κ2) is 7.58. The predicted molar refractivity (Wildman–Crippen MR) is 77.3 cm³/mol. The Morgan fingerprint density at radius 3 is 2.61 bits per heavy atom. The molecule has 1 amide bonds. The van der Waals surface area contributed by atoms with Crippen LogP contribution in [0.4, 0.5) is 0 Å². The largest absolute Gasteiger partial charge is 0.381 e. The van der Waals surface area contributed by atoms with Crippen molar-refractivity contribution >= 4 is 30.1 Å². The van der Waals surface area contributed by atoms with Gasteiger partial charge in [0.15, 0.2) is 0 Å². The van der Waals surface area contributed by atoms with Gasteiger partial charge in [0.2, 0.25) is 5.91 Å². The standard InChI is InChI=1S/C12H22N2O2S.ClH/c1-14(10-4-7-17-8-10)12(15)11(13)9-2-5-16-6-3-9;/h9-11H,2-8,13H2,1H3;1H. The zero-order valence-corrected chi connectivity index (χ0v) is 12.5. The lowest BCUT2D eigenvalue weighted by Gasteiger charge is -2.32. The van der Waals surface area contributed by atoms with E-state index in [0.717, 1.165) is 44.0 Å². The molecule has 0 aromatic carbocycles. The van der Waals surface area contributed by atoms with Crippen LogP contribution in [0.2, 0.25) is 0 Å². The minimum Gasteiger partial charge on any atom is -0.381 e. The average Bonchev–Trinajstić information content (AvgIpc) is 2.91. The van der Waals surface area contributed by atoms with Crippen molar-refractivity contribution in [3.05, 3.63) is 0 Å². The summed E-state index contributed by atoms with van der Waals surface area (Å²) in [5, 5.41) is 0. The number of thioether (sulfide) groups is 1. The summed E-state index contributed by atoms with van der Waals surface area (Å²) in [5.41, 5.74) is 6.11. The Kier molecular flexibility index (Phi) is 6.77. The molecule has 0 aliphatic carbocycles. The van der Waals surface area contributed by atoms with Gasteiger partial charge in [-0.25, -0.2) is 0 Å². The molecule has 2 fully saturated rings. The van der Waals surface area contributed by atoms with Crippen molar-refractivity contribution in [2.45, 2.75) is 31.3 Å². The van der Waals surface area contributed by atoms with Gasteiger partial charge < -0.3 is 15.4 Å². The summed E-state index contributed by atoms with van der Waals surface area (Å²) in [4.78, 5) is 14.2. The van der Waals surface area contributed by atoms with Crippen LogP contribution in [0.15, 0.2) is 0 Å². The number of halogens is 1. The molecule has 0 aromatic rings. The van der Waals surface area contributed by atoms with Crippen LogP contribution < -0.4 is 5.73 Å². The Morgan fingerprint density at radius 1 is 1.39 bits per heavy atom. The summed E-state index contributed by atoms with van der Waals surface area (Å²) < 4.78 is 5.31. The molecule has 2 aliphatic rings. The number of carbonyl (C=O) groups is 1. The molecule has 0 saturated carbocycles. The van der Waals surface area contributed by atoms with Crippen molar-refractivity contribution < 1.29 is 9.53 Å². The normalized spacial score (nSPS) is 26.4. The first-order chi connectivity index (χ1) is 8.20. The van der Waals surface area contributed by atoms with Crippen molar-refractivity contribution in [2.75, 3.05) is 31.8 Å². The van der Waals surface area contributed by atoms with Gasteiger partial charge in [0.1, 0.15) is 0 Å². The van der Waals surface area contributed by atoms with E-state index in [9.17, 15) is 4.79 Å². The lowest BCUT2D eigenvalue weighted by Crippen LogP contribution is -2.50. The van der Waals surface area contributed by atoms with Crippen LogP contribution in [-0.2, 0) is 9.53 Å². The highest BCUT2D eigenvalue weighted by molar-refractivity contribution is 7.99. The van der Waals surface area contributed by atoms with Gasteiger partial charge in [-0.15, -0.1) is 12.4 Å². The molecule has 18 heavy (non-hydrogen) atoms. The van der Waals surface area contributed by atoms with Crippen molar-refractivity contribution in [3.63, 3.8) is 0 Å². The van der Waals surface area contributed by atoms with Crippen LogP contribution in [-0.4, -0.2) is 54.7 Å². The van der Waals surface area contributed by atoms with Crippen molar-refractivity contribution in [1.82, 2.24) is 4.90 Å². The average molecular weight is 295 g/mol. The number of rotatable bonds is 3. The van der Waals surface area contributed by atoms with Crippen LogP contribution in [0.3, 0.4) is 0 Å². The molecule has 2 heterocycles. The summed E-state index contributed by atoms with van der Waals surface area (Å²) in [6.07, 6.45) is 2.94. The van der Waals surface area contributed by atoms with E-state index < -0.39 is 0 Å². The predicted octanol–water partition coefficient (Wildman–Crippen LogP) is 1.13. The van der Waals surface area contributed by atoms with Crippen LogP contribution in [0.5, 0.6) is 0 Å². The van der Waals surface area contributed by atoms with E-state index in [2.05, 4.69) is 0 Å². The summed E-state index contributed by atoms with van der Waals surface area (Å²) in [7, 11) is 1.90. The molecule has 2 N–H and O–H groups in total. The Hall–Kier alpha value is 0.0300. The zero-order valence-electron chi connectivity index (χ0n) is 10.8. The molecule has 2 atom stereocenters. The van der Waals surface area contributed by atoms with Crippen molar-refractivity contribution in [3.8, 4) is 0 Å². The molecule has 0 bridgehead atoms. The van der Waals surface area contributed by atoms with Gasteiger partial charge >= 0.3 is 0 Å². The van der Waals surface area contributed by atoms with Crippen LogP contribution in [0.25, 0.3) is 0 Å². The molecular formula is C12H23ClN2O2S. The number of ether oxygens (including phenoxy) is 1. The van der Waals surface area contributed by atoms with E-state index in [-0.39, 0.29) is 24.4 Å². The maximum atomic E-state index is 12.3. The quantitative estimate of drug-likeness (QED) is 0.848. The fourth-order valence-corrected chi connectivity index (χ4v) is 3.79. The highest BCUT2D eigenvalue weighted by Gasteiger charge is 2.32. The Balaban J connectivity index is 0.00000162. The van der Waals surface area contributed by atoms with E-state index in [1.165, 1.54) is 0 Å². The minimum atomic E-state index is -0.338.